The van der Waals surface area contributed by atoms with Gasteiger partial charge in [0.1, 0.15) is 17.3 Å². The number of ether oxygens (including phenoxy) is 2. The second-order valence-corrected chi connectivity index (χ2v) is 9.11. The number of aromatic nitrogens is 3. The summed E-state index contributed by atoms with van der Waals surface area (Å²) in [5.41, 5.74) is 3.72. The zero-order chi connectivity index (χ0) is 22.4. The van der Waals surface area contributed by atoms with Crippen LogP contribution in [-0.2, 0) is 4.79 Å². The highest BCUT2D eigenvalue weighted by Crippen LogP contribution is 2.44. The summed E-state index contributed by atoms with van der Waals surface area (Å²) in [5, 5.41) is 8.52. The van der Waals surface area contributed by atoms with Crippen molar-refractivity contribution in [3.05, 3.63) is 59.3 Å². The Morgan fingerprint density at radius 3 is 2.81 bits per heavy atom. The molecule has 1 aliphatic rings. The predicted octanol–water partition coefficient (Wildman–Crippen LogP) is 5.06. The molecular formula is C24H24N4O3S. The van der Waals surface area contributed by atoms with Crippen LogP contribution in [-0.4, -0.2) is 33.9 Å². The first-order valence-electron chi connectivity index (χ1n) is 10.5. The summed E-state index contributed by atoms with van der Waals surface area (Å²) in [4.78, 5) is 17.5. The van der Waals surface area contributed by atoms with E-state index in [0.717, 1.165) is 38.5 Å². The second kappa shape index (κ2) is 7.94. The average Bonchev–Trinajstić information content (AvgIpc) is 3.33. The monoisotopic (exact) mass is 448 g/mol. The molecule has 164 valence electrons. The van der Waals surface area contributed by atoms with Crippen LogP contribution in [0.4, 0.5) is 5.82 Å². The van der Waals surface area contributed by atoms with Gasteiger partial charge < -0.3 is 14.8 Å². The fraction of sp³-hybridized carbons (Fsp3) is 0.292. The number of hydrogen-bond donors (Lipinski definition) is 1. The zero-order valence-corrected chi connectivity index (χ0v) is 19.2. The van der Waals surface area contributed by atoms with Crippen LogP contribution in [0.15, 0.2) is 42.5 Å². The SMILES string of the molecule is COc1ccc2nc(-n3nc(C)c4c3NC(=O)C[C@@H]4c3ccccc3OC(C)C)sc2c1. The average molecular weight is 449 g/mol. The minimum atomic E-state index is -0.142. The van der Waals surface area contributed by atoms with Crippen LogP contribution < -0.4 is 14.8 Å². The first-order valence-corrected chi connectivity index (χ1v) is 11.4. The highest BCUT2D eigenvalue weighted by Gasteiger charge is 2.34. The zero-order valence-electron chi connectivity index (χ0n) is 18.4. The van der Waals surface area contributed by atoms with E-state index in [2.05, 4.69) is 5.32 Å². The van der Waals surface area contributed by atoms with Gasteiger partial charge in [-0.2, -0.15) is 9.78 Å². The van der Waals surface area contributed by atoms with E-state index in [0.29, 0.717) is 17.4 Å². The molecule has 0 saturated heterocycles. The van der Waals surface area contributed by atoms with Gasteiger partial charge in [0.2, 0.25) is 11.0 Å². The number of aryl methyl sites for hydroxylation is 1. The number of rotatable bonds is 5. The van der Waals surface area contributed by atoms with E-state index in [1.54, 1.807) is 11.8 Å². The molecule has 0 aliphatic carbocycles. The van der Waals surface area contributed by atoms with Crippen LogP contribution >= 0.6 is 11.3 Å². The van der Waals surface area contributed by atoms with Gasteiger partial charge in [0.25, 0.3) is 0 Å². The number of carbonyl (C=O) groups excluding carboxylic acids is 1. The fourth-order valence-corrected chi connectivity index (χ4v) is 5.14. The van der Waals surface area contributed by atoms with E-state index in [9.17, 15) is 4.79 Å². The molecule has 0 fully saturated rings. The van der Waals surface area contributed by atoms with Crippen LogP contribution in [0.25, 0.3) is 15.3 Å². The Morgan fingerprint density at radius 1 is 1.22 bits per heavy atom. The number of anilines is 1. The van der Waals surface area contributed by atoms with E-state index < -0.39 is 0 Å². The third-order valence-electron chi connectivity index (χ3n) is 5.53. The van der Waals surface area contributed by atoms with E-state index in [1.807, 2.05) is 63.2 Å². The Morgan fingerprint density at radius 2 is 2.03 bits per heavy atom. The van der Waals surface area contributed by atoms with Crippen LogP contribution in [0.3, 0.4) is 0 Å². The summed E-state index contributed by atoms with van der Waals surface area (Å²) < 4.78 is 14.1. The molecule has 1 N–H and O–H groups in total. The summed E-state index contributed by atoms with van der Waals surface area (Å²) in [6.45, 7) is 5.98. The number of para-hydroxylation sites is 1. The smallest absolute Gasteiger partial charge is 0.226 e. The lowest BCUT2D eigenvalue weighted by molar-refractivity contribution is -0.116. The standard InChI is InChI=1S/C24H24N4O3S/c1-13(2)31-19-8-6-5-7-16(19)17-12-21(29)26-23-22(17)14(3)27-28(23)24-25-18-10-9-15(30-4)11-20(18)32-24/h5-11,13,17H,12H2,1-4H3,(H,26,29)/t17-/m1/s1. The number of benzene rings is 2. The number of thiazole rings is 1. The lowest BCUT2D eigenvalue weighted by Gasteiger charge is -2.26. The topological polar surface area (TPSA) is 78.3 Å². The van der Waals surface area contributed by atoms with E-state index >= 15 is 0 Å². The normalized spacial score (nSPS) is 15.7. The molecule has 8 heteroatoms. The molecule has 2 aromatic heterocycles. The van der Waals surface area contributed by atoms with Crippen molar-refractivity contribution >= 4 is 33.3 Å². The Labute approximate surface area is 190 Å². The minimum Gasteiger partial charge on any atom is -0.497 e. The second-order valence-electron chi connectivity index (χ2n) is 8.10. The number of methoxy groups -OCH3 is 1. The number of nitrogens with one attached hydrogen (secondary N) is 1. The van der Waals surface area contributed by atoms with Gasteiger partial charge >= 0.3 is 0 Å². The van der Waals surface area contributed by atoms with Crippen LogP contribution in [0.1, 0.15) is 43.0 Å². The van der Waals surface area contributed by atoms with Crippen molar-refractivity contribution in [3.8, 4) is 16.6 Å². The van der Waals surface area contributed by atoms with Crippen molar-refractivity contribution in [2.75, 3.05) is 12.4 Å². The maximum Gasteiger partial charge on any atom is 0.226 e. The Kier molecular flexibility index (Phi) is 5.09. The van der Waals surface area contributed by atoms with Gasteiger partial charge in [0.05, 0.1) is 29.1 Å². The highest BCUT2D eigenvalue weighted by molar-refractivity contribution is 7.20. The maximum absolute atomic E-state index is 12.8. The fourth-order valence-electron chi connectivity index (χ4n) is 4.19. The molecule has 0 unspecified atom stereocenters. The van der Waals surface area contributed by atoms with Crippen LogP contribution in [0.5, 0.6) is 11.5 Å². The minimum absolute atomic E-state index is 0.0385. The maximum atomic E-state index is 12.8. The van der Waals surface area contributed by atoms with Gasteiger partial charge in [0.15, 0.2) is 0 Å². The van der Waals surface area contributed by atoms with Gasteiger partial charge in [-0.1, -0.05) is 29.5 Å². The Balaban J connectivity index is 1.64. The highest BCUT2D eigenvalue weighted by atomic mass is 32.1. The van der Waals surface area contributed by atoms with Gasteiger partial charge in [-0.25, -0.2) is 4.98 Å². The first-order chi connectivity index (χ1) is 15.4. The van der Waals surface area contributed by atoms with Crippen molar-refractivity contribution in [2.45, 2.75) is 39.2 Å². The molecule has 7 nitrogen and oxygen atoms in total. The number of amides is 1. The molecule has 32 heavy (non-hydrogen) atoms. The summed E-state index contributed by atoms with van der Waals surface area (Å²) in [7, 11) is 1.65. The number of fused-ring (bicyclic) bond motifs is 2. The number of nitrogens with zero attached hydrogens (tertiary/aromatic N) is 3. The van der Waals surface area contributed by atoms with Crippen molar-refractivity contribution in [2.24, 2.45) is 0 Å². The Bertz CT molecular complexity index is 1320. The van der Waals surface area contributed by atoms with E-state index in [1.165, 1.54) is 11.3 Å². The predicted molar refractivity (Wildman–Crippen MR) is 125 cm³/mol. The Hall–Kier alpha value is -3.39. The van der Waals surface area contributed by atoms with Crippen molar-refractivity contribution in [1.82, 2.24) is 14.8 Å². The lowest BCUT2D eigenvalue weighted by Crippen LogP contribution is -2.25. The quantitative estimate of drug-likeness (QED) is 0.462. The lowest BCUT2D eigenvalue weighted by atomic mass is 9.85. The van der Waals surface area contributed by atoms with E-state index in [4.69, 9.17) is 19.6 Å². The third-order valence-corrected chi connectivity index (χ3v) is 6.52. The molecule has 4 aromatic rings. The van der Waals surface area contributed by atoms with Gasteiger partial charge in [-0.3, -0.25) is 4.79 Å². The largest absolute Gasteiger partial charge is 0.497 e. The van der Waals surface area contributed by atoms with Crippen molar-refractivity contribution in [3.63, 3.8) is 0 Å². The molecule has 0 radical (unpaired) electrons. The van der Waals surface area contributed by atoms with Crippen molar-refractivity contribution in [1.29, 1.82) is 0 Å². The molecule has 0 saturated carbocycles. The first kappa shape index (κ1) is 20.5. The van der Waals surface area contributed by atoms with Crippen LogP contribution in [0, 0.1) is 6.92 Å². The third kappa shape index (κ3) is 3.50. The summed E-state index contributed by atoms with van der Waals surface area (Å²) >= 11 is 1.51. The van der Waals surface area contributed by atoms with Crippen molar-refractivity contribution < 1.29 is 14.3 Å². The van der Waals surface area contributed by atoms with Crippen LogP contribution in [0.2, 0.25) is 0 Å². The van der Waals surface area contributed by atoms with E-state index in [-0.39, 0.29) is 17.9 Å². The summed E-state index contributed by atoms with van der Waals surface area (Å²) in [5.74, 6) is 2.06. The molecule has 1 atom stereocenters. The molecule has 3 heterocycles. The molecule has 0 spiro atoms. The molecule has 0 bridgehead atoms. The molecular weight excluding hydrogens is 424 g/mol. The molecule has 1 aliphatic heterocycles. The summed E-state index contributed by atoms with van der Waals surface area (Å²) in [6.07, 6.45) is 0.381. The number of hydrogen-bond acceptors (Lipinski definition) is 6. The molecule has 5 rings (SSSR count). The van der Waals surface area contributed by atoms with Gasteiger partial charge in [0, 0.05) is 23.5 Å². The molecule has 1 amide bonds. The van der Waals surface area contributed by atoms with Gasteiger partial charge in [-0.05, 0) is 45.0 Å². The summed E-state index contributed by atoms with van der Waals surface area (Å²) in [6, 6.07) is 13.7. The molecule has 2 aromatic carbocycles. The van der Waals surface area contributed by atoms with Gasteiger partial charge in [-0.15, -0.1) is 0 Å². The number of carbonyl (C=O) groups is 1.